The highest BCUT2D eigenvalue weighted by Crippen LogP contribution is 2.31. The number of benzene rings is 1. The third kappa shape index (κ3) is 5.18. The lowest BCUT2D eigenvalue weighted by Crippen LogP contribution is -2.33. The van der Waals surface area contributed by atoms with Crippen molar-refractivity contribution >= 4 is 41.5 Å². The summed E-state index contributed by atoms with van der Waals surface area (Å²) in [4.78, 5) is 16.0. The van der Waals surface area contributed by atoms with Gasteiger partial charge in [0.15, 0.2) is 5.96 Å². The molecule has 1 aromatic rings. The molecule has 0 aromatic heterocycles. The van der Waals surface area contributed by atoms with Crippen molar-refractivity contribution in [2.45, 2.75) is 32.1 Å². The number of rotatable bonds is 5. The topological polar surface area (TPSA) is 79.5 Å². The fourth-order valence-corrected chi connectivity index (χ4v) is 2.32. The van der Waals surface area contributed by atoms with Crippen LogP contribution < -0.4 is 16.4 Å². The van der Waals surface area contributed by atoms with E-state index < -0.39 is 0 Å². The Bertz CT molecular complexity index is 504. The summed E-state index contributed by atoms with van der Waals surface area (Å²) in [6, 6.07) is 7.86. The van der Waals surface area contributed by atoms with Crippen molar-refractivity contribution in [3.05, 3.63) is 29.8 Å². The van der Waals surface area contributed by atoms with Gasteiger partial charge in [0.25, 0.3) is 0 Å². The molecule has 0 saturated carbocycles. The van der Waals surface area contributed by atoms with Crippen molar-refractivity contribution in [3.8, 4) is 0 Å². The van der Waals surface area contributed by atoms with Gasteiger partial charge in [0.05, 0.1) is 6.54 Å². The maximum atomic E-state index is 11.7. The molecule has 1 heterocycles. The number of carbonyl (C=O) groups excluding carboxylic acids is 1. The molecule has 116 valence electrons. The molecule has 0 radical (unpaired) electrons. The number of nitrogens with one attached hydrogen (secondary N) is 2. The number of nitrogens with two attached hydrogens (primary N) is 1. The van der Waals surface area contributed by atoms with Gasteiger partial charge in [-0.3, -0.25) is 9.79 Å². The molecule has 0 bridgehead atoms. The highest BCUT2D eigenvalue weighted by atomic mass is 127. The van der Waals surface area contributed by atoms with E-state index in [4.69, 9.17) is 5.73 Å². The maximum Gasteiger partial charge on any atom is 0.225 e. The molecule has 1 amide bonds. The molecular weight excluding hydrogens is 379 g/mol. The zero-order valence-electron chi connectivity index (χ0n) is 12.3. The first kappa shape index (κ1) is 17.7. The van der Waals surface area contributed by atoms with Gasteiger partial charge in [-0.05, 0) is 18.1 Å². The number of carbonyl (C=O) groups is 1. The van der Waals surface area contributed by atoms with E-state index in [1.54, 1.807) is 0 Å². The van der Waals surface area contributed by atoms with E-state index in [1.165, 1.54) is 0 Å². The molecule has 21 heavy (non-hydrogen) atoms. The van der Waals surface area contributed by atoms with Gasteiger partial charge < -0.3 is 16.4 Å². The second-order valence-corrected chi connectivity index (χ2v) is 5.04. The third-order valence-corrected chi connectivity index (χ3v) is 3.42. The predicted octanol–water partition coefficient (Wildman–Crippen LogP) is 2.43. The molecule has 0 spiro atoms. The summed E-state index contributed by atoms with van der Waals surface area (Å²) in [6.07, 6.45) is 2.66. The van der Waals surface area contributed by atoms with E-state index in [1.807, 2.05) is 24.3 Å². The van der Waals surface area contributed by atoms with E-state index in [0.717, 1.165) is 30.6 Å². The number of unbranched alkanes of at least 4 members (excludes halogenated alkanes) is 1. The van der Waals surface area contributed by atoms with Crippen LogP contribution in [0.2, 0.25) is 0 Å². The van der Waals surface area contributed by atoms with Gasteiger partial charge in [0.2, 0.25) is 5.91 Å². The quantitative estimate of drug-likeness (QED) is 0.306. The molecule has 0 aliphatic carbocycles. The van der Waals surface area contributed by atoms with Gasteiger partial charge in [0.1, 0.15) is 0 Å². The Morgan fingerprint density at radius 1 is 1.48 bits per heavy atom. The number of amides is 1. The molecule has 1 aromatic carbocycles. The second kappa shape index (κ2) is 8.86. The Balaban J connectivity index is 0.00000220. The van der Waals surface area contributed by atoms with Gasteiger partial charge in [-0.1, -0.05) is 31.5 Å². The molecule has 0 saturated heterocycles. The molecule has 1 aliphatic heterocycles. The van der Waals surface area contributed by atoms with Crippen LogP contribution in [0.5, 0.6) is 0 Å². The van der Waals surface area contributed by atoms with Crippen LogP contribution in [-0.4, -0.2) is 25.0 Å². The average molecular weight is 402 g/mol. The van der Waals surface area contributed by atoms with Crippen LogP contribution >= 0.6 is 24.0 Å². The van der Waals surface area contributed by atoms with Crippen molar-refractivity contribution in [1.82, 2.24) is 5.32 Å². The van der Waals surface area contributed by atoms with Gasteiger partial charge in [-0.2, -0.15) is 0 Å². The number of anilines is 1. The summed E-state index contributed by atoms with van der Waals surface area (Å²) >= 11 is 0. The number of hydrogen-bond donors (Lipinski definition) is 3. The first-order valence-electron chi connectivity index (χ1n) is 7.13. The number of para-hydroxylation sites is 1. The van der Waals surface area contributed by atoms with Crippen molar-refractivity contribution in [2.24, 2.45) is 10.7 Å². The minimum absolute atomic E-state index is 0. The molecule has 2 rings (SSSR count). The standard InChI is InChI=1S/C15H22N4O.HI/c1-2-3-8-17-15(16)18-10-11-9-14(20)19-13-7-5-4-6-12(11)13;/h4-7,11H,2-3,8-10H2,1H3,(H,19,20)(H3,16,17,18);1H. The van der Waals surface area contributed by atoms with Crippen LogP contribution in [0.3, 0.4) is 0 Å². The summed E-state index contributed by atoms with van der Waals surface area (Å²) < 4.78 is 0. The second-order valence-electron chi connectivity index (χ2n) is 5.04. The molecule has 6 heteroatoms. The summed E-state index contributed by atoms with van der Waals surface area (Å²) in [5, 5.41) is 5.97. The van der Waals surface area contributed by atoms with E-state index in [9.17, 15) is 4.79 Å². The van der Waals surface area contributed by atoms with Crippen LogP contribution in [0.25, 0.3) is 0 Å². The Kier molecular flexibility index (Phi) is 7.49. The highest BCUT2D eigenvalue weighted by molar-refractivity contribution is 14.0. The summed E-state index contributed by atoms with van der Waals surface area (Å²) in [6.45, 7) is 3.51. The molecular formula is C15H23IN4O. The first-order valence-corrected chi connectivity index (χ1v) is 7.13. The van der Waals surface area contributed by atoms with Crippen molar-refractivity contribution in [2.75, 3.05) is 18.4 Å². The van der Waals surface area contributed by atoms with Gasteiger partial charge in [-0.15, -0.1) is 24.0 Å². The number of nitrogens with zero attached hydrogens (tertiary/aromatic N) is 1. The molecule has 0 fully saturated rings. The molecule has 1 aliphatic rings. The number of halogens is 1. The minimum atomic E-state index is 0. The van der Waals surface area contributed by atoms with Crippen LogP contribution in [0.1, 0.15) is 37.7 Å². The van der Waals surface area contributed by atoms with Gasteiger partial charge in [-0.25, -0.2) is 0 Å². The smallest absolute Gasteiger partial charge is 0.225 e. The lowest BCUT2D eigenvalue weighted by atomic mass is 9.91. The number of fused-ring (bicyclic) bond motifs is 1. The zero-order valence-corrected chi connectivity index (χ0v) is 14.6. The summed E-state index contributed by atoms with van der Waals surface area (Å²) in [5.41, 5.74) is 7.85. The molecule has 5 nitrogen and oxygen atoms in total. The van der Waals surface area contributed by atoms with Crippen molar-refractivity contribution in [3.63, 3.8) is 0 Å². The SMILES string of the molecule is CCCCNC(N)=NCC1CC(=O)Nc2ccccc21.I. The lowest BCUT2D eigenvalue weighted by Gasteiger charge is -2.24. The van der Waals surface area contributed by atoms with E-state index in [-0.39, 0.29) is 35.8 Å². The predicted molar refractivity (Wildman–Crippen MR) is 97.2 cm³/mol. The Labute approximate surface area is 142 Å². The summed E-state index contributed by atoms with van der Waals surface area (Å²) in [5.74, 6) is 0.606. The number of aliphatic imine (C=N–C) groups is 1. The number of hydrogen-bond acceptors (Lipinski definition) is 2. The van der Waals surface area contributed by atoms with E-state index in [0.29, 0.717) is 18.9 Å². The minimum Gasteiger partial charge on any atom is -0.370 e. The average Bonchev–Trinajstić information content (AvgIpc) is 2.45. The summed E-state index contributed by atoms with van der Waals surface area (Å²) in [7, 11) is 0. The van der Waals surface area contributed by atoms with Crippen molar-refractivity contribution < 1.29 is 4.79 Å². The fraction of sp³-hybridized carbons (Fsp3) is 0.467. The largest absolute Gasteiger partial charge is 0.370 e. The zero-order chi connectivity index (χ0) is 14.4. The van der Waals surface area contributed by atoms with Crippen LogP contribution in [0.4, 0.5) is 5.69 Å². The lowest BCUT2D eigenvalue weighted by molar-refractivity contribution is -0.116. The van der Waals surface area contributed by atoms with Gasteiger partial charge in [0, 0.05) is 24.6 Å². The number of guanidine groups is 1. The van der Waals surface area contributed by atoms with E-state index in [2.05, 4.69) is 22.5 Å². The Morgan fingerprint density at radius 3 is 3.00 bits per heavy atom. The Hall–Kier alpha value is -1.31. The fourth-order valence-electron chi connectivity index (χ4n) is 2.32. The first-order chi connectivity index (χ1) is 9.70. The van der Waals surface area contributed by atoms with Crippen molar-refractivity contribution in [1.29, 1.82) is 0 Å². The normalized spacial score (nSPS) is 17.5. The molecule has 1 unspecified atom stereocenters. The van der Waals surface area contributed by atoms with Crippen LogP contribution in [0.15, 0.2) is 29.3 Å². The Morgan fingerprint density at radius 2 is 2.24 bits per heavy atom. The van der Waals surface area contributed by atoms with Crippen LogP contribution in [0, 0.1) is 0 Å². The van der Waals surface area contributed by atoms with E-state index >= 15 is 0 Å². The third-order valence-electron chi connectivity index (χ3n) is 3.42. The van der Waals surface area contributed by atoms with Crippen LogP contribution in [-0.2, 0) is 4.79 Å². The molecule has 4 N–H and O–H groups in total. The highest BCUT2D eigenvalue weighted by Gasteiger charge is 2.24. The monoisotopic (exact) mass is 402 g/mol. The molecule has 1 atom stereocenters. The maximum absolute atomic E-state index is 11.7. The van der Waals surface area contributed by atoms with Gasteiger partial charge >= 0.3 is 0 Å².